The molecule has 1 aromatic rings. The van der Waals surface area contributed by atoms with Gasteiger partial charge in [-0.2, -0.15) is 13.2 Å². The molecule has 0 radical (unpaired) electrons. The van der Waals surface area contributed by atoms with Crippen LogP contribution in [0.5, 0.6) is 0 Å². The number of carbonyl (C=O) groups is 1. The van der Waals surface area contributed by atoms with Gasteiger partial charge >= 0.3 is 6.18 Å². The predicted molar refractivity (Wildman–Crippen MR) is 82.8 cm³/mol. The number of hydrogen-bond acceptors (Lipinski definition) is 2. The van der Waals surface area contributed by atoms with Gasteiger partial charge in [0.15, 0.2) is 6.23 Å². The smallest absolute Gasteiger partial charge is 0.357 e. The van der Waals surface area contributed by atoms with Crippen molar-refractivity contribution in [3.05, 3.63) is 35.4 Å². The first-order chi connectivity index (χ1) is 10.5. The molecule has 0 unspecified atom stereocenters. The topological polar surface area (TPSA) is 38.3 Å². The van der Waals surface area contributed by atoms with Gasteiger partial charge < -0.3 is 10.1 Å². The lowest BCUT2D eigenvalue weighted by Gasteiger charge is -2.25. The van der Waals surface area contributed by atoms with Crippen molar-refractivity contribution in [3.63, 3.8) is 0 Å². The number of ether oxygens (including phenoxy) is 1. The molecule has 1 amide bonds. The first-order valence-corrected chi connectivity index (χ1v) is 7.53. The average Bonchev–Trinajstić information content (AvgIpc) is 2.43. The molecular weight excluding hydrogens is 307 g/mol. The van der Waals surface area contributed by atoms with E-state index in [4.69, 9.17) is 4.74 Å². The minimum atomic E-state index is -4.16. The summed E-state index contributed by atoms with van der Waals surface area (Å²) in [6, 6.07) is 7.07. The second kappa shape index (κ2) is 7.81. The molecule has 1 atom stereocenters. The molecule has 0 heterocycles. The molecule has 130 valence electrons. The van der Waals surface area contributed by atoms with Crippen molar-refractivity contribution >= 4 is 5.91 Å². The summed E-state index contributed by atoms with van der Waals surface area (Å²) in [5.41, 5.74) is 0.856. The van der Waals surface area contributed by atoms with Gasteiger partial charge in [0.2, 0.25) is 5.91 Å². The van der Waals surface area contributed by atoms with Crippen LogP contribution in [-0.2, 0) is 16.0 Å². The first kappa shape index (κ1) is 19.5. The summed E-state index contributed by atoms with van der Waals surface area (Å²) >= 11 is 0. The Morgan fingerprint density at radius 1 is 1.22 bits per heavy atom. The SMILES string of the molecule is CO[C@H](NC(=O)C(C)(C)C)c1ccccc1CCCC(F)(F)F. The molecule has 6 heteroatoms. The quantitative estimate of drug-likeness (QED) is 0.786. The van der Waals surface area contributed by atoms with Gasteiger partial charge in [0.05, 0.1) is 0 Å². The Hall–Kier alpha value is -1.56. The molecule has 1 aromatic carbocycles. The molecule has 0 bridgehead atoms. The molecule has 1 rings (SSSR count). The van der Waals surface area contributed by atoms with E-state index < -0.39 is 24.2 Å². The molecule has 0 saturated heterocycles. The van der Waals surface area contributed by atoms with Crippen LogP contribution in [0.3, 0.4) is 0 Å². The van der Waals surface area contributed by atoms with Crippen LogP contribution in [0.1, 0.15) is 51.0 Å². The lowest BCUT2D eigenvalue weighted by atomic mass is 9.94. The zero-order valence-corrected chi connectivity index (χ0v) is 14.0. The first-order valence-electron chi connectivity index (χ1n) is 7.53. The molecule has 3 nitrogen and oxygen atoms in total. The summed E-state index contributed by atoms with van der Waals surface area (Å²) < 4.78 is 42.3. The second-order valence-electron chi connectivity index (χ2n) is 6.51. The number of nitrogens with one attached hydrogen (secondary N) is 1. The molecule has 1 N–H and O–H groups in total. The van der Waals surface area contributed by atoms with Crippen LogP contribution < -0.4 is 5.32 Å². The van der Waals surface area contributed by atoms with Crippen molar-refractivity contribution < 1.29 is 22.7 Å². The maximum atomic E-state index is 12.3. The second-order valence-corrected chi connectivity index (χ2v) is 6.51. The third-order valence-electron chi connectivity index (χ3n) is 3.42. The summed E-state index contributed by atoms with van der Waals surface area (Å²) in [7, 11) is 1.46. The van der Waals surface area contributed by atoms with Gasteiger partial charge in [0, 0.05) is 24.5 Å². The molecule has 23 heavy (non-hydrogen) atoms. The number of aryl methyl sites for hydroxylation is 1. The highest BCUT2D eigenvalue weighted by Crippen LogP contribution is 2.26. The van der Waals surface area contributed by atoms with Crippen LogP contribution in [0, 0.1) is 5.41 Å². The van der Waals surface area contributed by atoms with Gasteiger partial charge in [0.1, 0.15) is 0 Å². The third kappa shape index (κ3) is 6.60. The van der Waals surface area contributed by atoms with Crippen molar-refractivity contribution in [2.45, 2.75) is 52.4 Å². The fourth-order valence-corrected chi connectivity index (χ4v) is 2.10. The molecular formula is C17H24F3NO2. The molecule has 0 aromatic heterocycles. The number of hydrogen-bond donors (Lipinski definition) is 1. The highest BCUT2D eigenvalue weighted by Gasteiger charge is 2.27. The van der Waals surface area contributed by atoms with E-state index in [0.717, 1.165) is 5.56 Å². The highest BCUT2D eigenvalue weighted by molar-refractivity contribution is 5.81. The predicted octanol–water partition coefficient (Wildman–Crippen LogP) is 4.38. The van der Waals surface area contributed by atoms with Crippen LogP contribution in [0.4, 0.5) is 13.2 Å². The van der Waals surface area contributed by atoms with Crippen LogP contribution in [-0.4, -0.2) is 19.2 Å². The molecule has 0 spiro atoms. The highest BCUT2D eigenvalue weighted by atomic mass is 19.4. The molecule has 0 aliphatic heterocycles. The van der Waals surface area contributed by atoms with Crippen LogP contribution in [0.25, 0.3) is 0 Å². The normalized spacial score (nSPS) is 13.7. The summed E-state index contributed by atoms with van der Waals surface area (Å²) in [4.78, 5) is 12.1. The Balaban J connectivity index is 2.86. The van der Waals surface area contributed by atoms with Gasteiger partial charge in [-0.05, 0) is 18.4 Å². The molecule has 0 aliphatic carbocycles. The fourth-order valence-electron chi connectivity index (χ4n) is 2.10. The zero-order valence-electron chi connectivity index (χ0n) is 14.0. The average molecular weight is 331 g/mol. The van der Waals surface area contributed by atoms with Crippen molar-refractivity contribution in [1.82, 2.24) is 5.32 Å². The summed E-state index contributed by atoms with van der Waals surface area (Å²) in [6.45, 7) is 5.35. The van der Waals surface area contributed by atoms with Crippen LogP contribution >= 0.6 is 0 Å². The van der Waals surface area contributed by atoms with Crippen LogP contribution in [0.2, 0.25) is 0 Å². The standard InChI is InChI=1S/C17H24F3NO2/c1-16(2,3)15(22)21-14(23-4)13-10-6-5-8-12(13)9-7-11-17(18,19)20/h5-6,8,10,14H,7,9,11H2,1-4H3,(H,21,22)/t14-/m0/s1. The molecule has 0 aliphatic rings. The summed E-state index contributed by atoms with van der Waals surface area (Å²) in [5.74, 6) is -0.186. The van der Waals surface area contributed by atoms with E-state index in [1.165, 1.54) is 7.11 Å². The van der Waals surface area contributed by atoms with Gasteiger partial charge in [-0.25, -0.2) is 0 Å². The molecule has 0 fully saturated rings. The number of alkyl halides is 3. The minimum Gasteiger partial charge on any atom is -0.357 e. The zero-order chi connectivity index (χ0) is 17.7. The monoisotopic (exact) mass is 331 g/mol. The van der Waals surface area contributed by atoms with E-state index in [1.807, 2.05) is 0 Å². The van der Waals surface area contributed by atoms with Crippen LogP contribution in [0.15, 0.2) is 24.3 Å². The number of methoxy groups -OCH3 is 1. The van der Waals surface area contributed by atoms with Gasteiger partial charge in [-0.1, -0.05) is 45.0 Å². The van der Waals surface area contributed by atoms with Crippen molar-refractivity contribution in [1.29, 1.82) is 0 Å². The van der Waals surface area contributed by atoms with Crippen molar-refractivity contribution in [2.75, 3.05) is 7.11 Å². The van der Waals surface area contributed by atoms with Crippen molar-refractivity contribution in [2.24, 2.45) is 5.41 Å². The van der Waals surface area contributed by atoms with Gasteiger partial charge in [0.25, 0.3) is 0 Å². The van der Waals surface area contributed by atoms with Gasteiger partial charge in [-0.3, -0.25) is 4.79 Å². The maximum absolute atomic E-state index is 12.3. The Bertz CT molecular complexity index is 521. The number of carbonyl (C=O) groups excluding carboxylic acids is 1. The number of benzene rings is 1. The minimum absolute atomic E-state index is 0.00413. The molecule has 0 saturated carbocycles. The van der Waals surface area contributed by atoms with E-state index >= 15 is 0 Å². The number of rotatable bonds is 6. The van der Waals surface area contributed by atoms with Gasteiger partial charge in [-0.15, -0.1) is 0 Å². The Morgan fingerprint density at radius 2 is 1.83 bits per heavy atom. The largest absolute Gasteiger partial charge is 0.389 e. The third-order valence-corrected chi connectivity index (χ3v) is 3.42. The van der Waals surface area contributed by atoms with E-state index in [0.29, 0.717) is 5.56 Å². The van der Waals surface area contributed by atoms with E-state index in [2.05, 4.69) is 5.32 Å². The van der Waals surface area contributed by atoms with E-state index in [-0.39, 0.29) is 18.7 Å². The lowest BCUT2D eigenvalue weighted by Crippen LogP contribution is -2.38. The van der Waals surface area contributed by atoms with E-state index in [9.17, 15) is 18.0 Å². The Morgan fingerprint density at radius 3 is 2.35 bits per heavy atom. The maximum Gasteiger partial charge on any atom is 0.389 e. The Labute approximate surface area is 135 Å². The fraction of sp³-hybridized carbons (Fsp3) is 0.588. The lowest BCUT2D eigenvalue weighted by molar-refractivity contribution is -0.135. The number of amides is 1. The summed E-state index contributed by atoms with van der Waals surface area (Å²) in [5, 5.41) is 2.79. The number of halogens is 3. The van der Waals surface area contributed by atoms with E-state index in [1.54, 1.807) is 45.0 Å². The van der Waals surface area contributed by atoms with Crippen molar-refractivity contribution in [3.8, 4) is 0 Å². The summed E-state index contributed by atoms with van der Waals surface area (Å²) in [6.07, 6.45) is -5.38. The Kier molecular flexibility index (Phi) is 6.62.